The van der Waals surface area contributed by atoms with E-state index in [0.717, 1.165) is 5.56 Å². The first kappa shape index (κ1) is 11.6. The van der Waals surface area contributed by atoms with Crippen LogP contribution in [0.2, 0.25) is 0 Å². The van der Waals surface area contributed by atoms with Gasteiger partial charge >= 0.3 is 0 Å². The van der Waals surface area contributed by atoms with Crippen molar-refractivity contribution in [2.45, 2.75) is 25.9 Å². The highest BCUT2D eigenvalue weighted by atomic mass is 16.3. The molecule has 1 atom stereocenters. The lowest BCUT2D eigenvalue weighted by Gasteiger charge is -2.12. The van der Waals surface area contributed by atoms with Crippen LogP contribution in [0.4, 0.5) is 11.4 Å². The zero-order chi connectivity index (χ0) is 12.4. The number of benzene rings is 1. The van der Waals surface area contributed by atoms with Gasteiger partial charge in [0.15, 0.2) is 0 Å². The smallest absolute Gasteiger partial charge is 0.233 e. The van der Waals surface area contributed by atoms with Crippen LogP contribution >= 0.6 is 0 Å². The molecule has 90 valence electrons. The molecule has 0 bridgehead atoms. The number of fused-ring (bicyclic) bond motifs is 1. The van der Waals surface area contributed by atoms with Crippen LogP contribution in [0.1, 0.15) is 31.4 Å². The maximum Gasteiger partial charge on any atom is 0.233 e. The van der Waals surface area contributed by atoms with Crippen LogP contribution in [0.25, 0.3) is 0 Å². The predicted molar refractivity (Wildman–Crippen MR) is 63.6 cm³/mol. The van der Waals surface area contributed by atoms with Gasteiger partial charge in [0.2, 0.25) is 11.8 Å². The molecule has 0 spiro atoms. The molecule has 0 aliphatic carbocycles. The lowest BCUT2D eigenvalue weighted by atomic mass is 10.1. The number of aliphatic hydroxyl groups excluding tert-OH is 1. The van der Waals surface area contributed by atoms with Crippen molar-refractivity contribution in [1.29, 1.82) is 0 Å². The van der Waals surface area contributed by atoms with Gasteiger partial charge in [-0.05, 0) is 24.1 Å². The molecule has 0 radical (unpaired) electrons. The summed E-state index contributed by atoms with van der Waals surface area (Å²) in [6.45, 7) is 1.87. The standard InChI is InChI=1S/C12H14N2O3/c1-2-10(15)7-3-4-8-9(5-7)14-12(17)6-11(16)13-8/h3-5,10,15H,2,6H2,1H3,(H,13,16)(H,14,17). The Morgan fingerprint density at radius 3 is 2.53 bits per heavy atom. The highest BCUT2D eigenvalue weighted by molar-refractivity contribution is 6.13. The van der Waals surface area contributed by atoms with Gasteiger partial charge in [-0.15, -0.1) is 0 Å². The number of amides is 2. The van der Waals surface area contributed by atoms with E-state index in [2.05, 4.69) is 10.6 Å². The molecule has 0 fully saturated rings. The first-order valence-corrected chi connectivity index (χ1v) is 5.52. The van der Waals surface area contributed by atoms with Crippen LogP contribution in [-0.2, 0) is 9.59 Å². The number of carbonyl (C=O) groups excluding carboxylic acids is 2. The Hall–Kier alpha value is -1.88. The third-order valence-corrected chi connectivity index (χ3v) is 2.68. The molecule has 1 aliphatic rings. The zero-order valence-corrected chi connectivity index (χ0v) is 9.49. The average Bonchev–Trinajstić information content (AvgIpc) is 2.43. The second kappa shape index (κ2) is 4.55. The Kier molecular flexibility index (Phi) is 3.10. The van der Waals surface area contributed by atoms with Crippen molar-refractivity contribution in [3.05, 3.63) is 23.8 Å². The maximum atomic E-state index is 11.4. The molecule has 0 saturated carbocycles. The van der Waals surface area contributed by atoms with E-state index in [0.29, 0.717) is 17.8 Å². The molecule has 1 unspecified atom stereocenters. The Bertz CT molecular complexity index is 471. The lowest BCUT2D eigenvalue weighted by molar-refractivity contribution is -0.123. The van der Waals surface area contributed by atoms with Gasteiger partial charge in [0, 0.05) is 0 Å². The van der Waals surface area contributed by atoms with Gasteiger partial charge in [-0.1, -0.05) is 13.0 Å². The second-order valence-corrected chi connectivity index (χ2v) is 4.00. The van der Waals surface area contributed by atoms with Gasteiger partial charge in [0.1, 0.15) is 6.42 Å². The van der Waals surface area contributed by atoms with E-state index in [1.54, 1.807) is 18.2 Å². The minimum Gasteiger partial charge on any atom is -0.388 e. The predicted octanol–water partition coefficient (Wildman–Crippen LogP) is 1.41. The average molecular weight is 234 g/mol. The lowest BCUT2D eigenvalue weighted by Crippen LogP contribution is -2.16. The van der Waals surface area contributed by atoms with Crippen molar-refractivity contribution in [1.82, 2.24) is 0 Å². The van der Waals surface area contributed by atoms with Crippen LogP contribution in [0.15, 0.2) is 18.2 Å². The second-order valence-electron chi connectivity index (χ2n) is 4.00. The summed E-state index contributed by atoms with van der Waals surface area (Å²) in [4.78, 5) is 22.7. The highest BCUT2D eigenvalue weighted by Crippen LogP contribution is 2.29. The van der Waals surface area contributed by atoms with Crippen LogP contribution in [-0.4, -0.2) is 16.9 Å². The number of hydrogen-bond acceptors (Lipinski definition) is 3. The van der Waals surface area contributed by atoms with E-state index in [1.165, 1.54) is 0 Å². The number of anilines is 2. The largest absolute Gasteiger partial charge is 0.388 e. The molecule has 3 N–H and O–H groups in total. The molecule has 5 heteroatoms. The molecule has 1 aliphatic heterocycles. The first-order valence-electron chi connectivity index (χ1n) is 5.52. The molecule has 5 nitrogen and oxygen atoms in total. The third kappa shape index (κ3) is 2.45. The molecule has 1 heterocycles. The van der Waals surface area contributed by atoms with Crippen LogP contribution in [0, 0.1) is 0 Å². The van der Waals surface area contributed by atoms with Gasteiger partial charge in [-0.2, -0.15) is 0 Å². The topological polar surface area (TPSA) is 78.4 Å². The van der Waals surface area contributed by atoms with Crippen molar-refractivity contribution in [2.75, 3.05) is 10.6 Å². The Balaban J connectivity index is 2.37. The molecule has 2 amide bonds. The van der Waals surface area contributed by atoms with E-state index >= 15 is 0 Å². The fourth-order valence-corrected chi connectivity index (χ4v) is 1.75. The summed E-state index contributed by atoms with van der Waals surface area (Å²) < 4.78 is 0. The van der Waals surface area contributed by atoms with Gasteiger partial charge in [0.25, 0.3) is 0 Å². The summed E-state index contributed by atoms with van der Waals surface area (Å²) >= 11 is 0. The van der Waals surface area contributed by atoms with E-state index in [1.807, 2.05) is 6.92 Å². The van der Waals surface area contributed by atoms with Crippen LogP contribution in [0.3, 0.4) is 0 Å². The van der Waals surface area contributed by atoms with Crippen molar-refractivity contribution < 1.29 is 14.7 Å². The maximum absolute atomic E-state index is 11.4. The molecule has 1 aromatic carbocycles. The number of aliphatic hydroxyl groups is 1. The Morgan fingerprint density at radius 2 is 1.88 bits per heavy atom. The summed E-state index contributed by atoms with van der Waals surface area (Å²) in [5.41, 5.74) is 1.82. The Morgan fingerprint density at radius 1 is 1.24 bits per heavy atom. The summed E-state index contributed by atoms with van der Waals surface area (Å²) in [5.74, 6) is -0.672. The number of nitrogens with one attached hydrogen (secondary N) is 2. The van der Waals surface area contributed by atoms with E-state index in [4.69, 9.17) is 0 Å². The van der Waals surface area contributed by atoms with Gasteiger partial charge in [0.05, 0.1) is 17.5 Å². The Labute approximate surface area is 98.8 Å². The van der Waals surface area contributed by atoms with Gasteiger partial charge in [-0.3, -0.25) is 9.59 Å². The van der Waals surface area contributed by atoms with Crippen molar-refractivity contribution in [3.63, 3.8) is 0 Å². The molecule has 0 saturated heterocycles. The number of rotatable bonds is 2. The van der Waals surface area contributed by atoms with Crippen LogP contribution < -0.4 is 10.6 Å². The summed E-state index contributed by atoms with van der Waals surface area (Å²) in [5, 5.41) is 15.0. The minimum absolute atomic E-state index is 0.180. The fourth-order valence-electron chi connectivity index (χ4n) is 1.75. The molecular formula is C12H14N2O3. The number of hydrogen-bond donors (Lipinski definition) is 3. The summed E-state index contributed by atoms with van der Waals surface area (Å²) in [6.07, 6.45) is -0.143. The summed E-state index contributed by atoms with van der Waals surface area (Å²) in [7, 11) is 0. The first-order chi connectivity index (χ1) is 8.10. The molecule has 2 rings (SSSR count). The minimum atomic E-state index is -0.559. The SMILES string of the molecule is CCC(O)c1ccc2c(c1)NC(=O)CC(=O)N2. The fraction of sp³-hybridized carbons (Fsp3) is 0.333. The molecular weight excluding hydrogens is 220 g/mol. The monoisotopic (exact) mass is 234 g/mol. The highest BCUT2D eigenvalue weighted by Gasteiger charge is 2.19. The van der Waals surface area contributed by atoms with Crippen LogP contribution in [0.5, 0.6) is 0 Å². The van der Waals surface area contributed by atoms with Gasteiger partial charge < -0.3 is 15.7 Å². The van der Waals surface area contributed by atoms with Crippen molar-refractivity contribution in [2.24, 2.45) is 0 Å². The van der Waals surface area contributed by atoms with Crippen molar-refractivity contribution >= 4 is 23.2 Å². The van der Waals surface area contributed by atoms with E-state index in [-0.39, 0.29) is 18.2 Å². The normalized spacial score (nSPS) is 16.6. The number of carbonyl (C=O) groups is 2. The van der Waals surface area contributed by atoms with Crippen molar-refractivity contribution in [3.8, 4) is 0 Å². The van der Waals surface area contributed by atoms with E-state index < -0.39 is 6.10 Å². The summed E-state index contributed by atoms with van der Waals surface area (Å²) in [6, 6.07) is 5.12. The molecule has 1 aromatic rings. The third-order valence-electron chi connectivity index (χ3n) is 2.68. The van der Waals surface area contributed by atoms with Gasteiger partial charge in [-0.25, -0.2) is 0 Å². The molecule has 17 heavy (non-hydrogen) atoms. The quantitative estimate of drug-likeness (QED) is 0.677. The molecule has 0 aromatic heterocycles. The zero-order valence-electron chi connectivity index (χ0n) is 9.49. The van der Waals surface area contributed by atoms with E-state index in [9.17, 15) is 14.7 Å².